The topological polar surface area (TPSA) is 61.4 Å². The molecule has 3 heterocycles. The molecule has 4 rings (SSSR count). The minimum Gasteiger partial charge on any atom is -0.265 e. The molecule has 0 amide bonds. The summed E-state index contributed by atoms with van der Waals surface area (Å²) < 4.78 is 3.84. The minimum absolute atomic E-state index is 0.591. The van der Waals surface area contributed by atoms with Crippen molar-refractivity contribution in [2.75, 3.05) is 0 Å². The molecule has 0 aliphatic carbocycles. The molecule has 0 atom stereocenters. The first-order chi connectivity index (χ1) is 12.3. The molecule has 0 saturated carbocycles. The van der Waals surface area contributed by atoms with Gasteiger partial charge in [0.05, 0.1) is 29.6 Å². The molecule has 0 aliphatic rings. The van der Waals surface area contributed by atoms with Gasteiger partial charge in [0.15, 0.2) is 0 Å². The molecular formula is C19H20N6. The monoisotopic (exact) mass is 332 g/mol. The molecule has 0 N–H and O–H groups in total. The first kappa shape index (κ1) is 15.5. The molecule has 0 fully saturated rings. The molecule has 0 saturated heterocycles. The zero-order valence-electron chi connectivity index (χ0n) is 14.4. The summed E-state index contributed by atoms with van der Waals surface area (Å²) in [7, 11) is 0. The van der Waals surface area contributed by atoms with Crippen molar-refractivity contribution in [3.8, 4) is 11.4 Å². The zero-order valence-corrected chi connectivity index (χ0v) is 14.4. The average molecular weight is 332 g/mol. The highest BCUT2D eigenvalue weighted by Gasteiger charge is 2.11. The molecule has 6 heteroatoms. The highest BCUT2D eigenvalue weighted by Crippen LogP contribution is 2.20. The van der Waals surface area contributed by atoms with E-state index in [0.29, 0.717) is 6.54 Å². The second-order valence-electron chi connectivity index (χ2n) is 5.99. The number of hydrogen-bond donors (Lipinski definition) is 0. The maximum absolute atomic E-state index is 4.72. The van der Waals surface area contributed by atoms with Crippen molar-refractivity contribution in [2.24, 2.45) is 0 Å². The molecule has 0 bridgehead atoms. The lowest BCUT2D eigenvalue weighted by molar-refractivity contribution is 0.611. The average Bonchev–Trinajstić information content (AvgIpc) is 3.27. The minimum atomic E-state index is 0.591. The van der Waals surface area contributed by atoms with Gasteiger partial charge in [-0.3, -0.25) is 9.67 Å². The smallest absolute Gasteiger partial charge is 0.131 e. The molecule has 0 unspecified atom stereocenters. The van der Waals surface area contributed by atoms with E-state index in [4.69, 9.17) is 5.10 Å². The van der Waals surface area contributed by atoms with Crippen LogP contribution < -0.4 is 0 Å². The van der Waals surface area contributed by atoms with Crippen molar-refractivity contribution in [3.05, 3.63) is 60.0 Å². The Morgan fingerprint density at radius 1 is 1.00 bits per heavy atom. The normalized spacial score (nSPS) is 11.3. The molecule has 0 aliphatic heterocycles. The third-order valence-electron chi connectivity index (χ3n) is 4.38. The Morgan fingerprint density at radius 2 is 1.88 bits per heavy atom. The van der Waals surface area contributed by atoms with Gasteiger partial charge in [0.25, 0.3) is 0 Å². The maximum atomic E-state index is 4.72. The van der Waals surface area contributed by atoms with Gasteiger partial charge >= 0.3 is 0 Å². The van der Waals surface area contributed by atoms with E-state index in [-0.39, 0.29) is 0 Å². The number of hydrogen-bond acceptors (Lipinski definition) is 4. The number of benzene rings is 1. The van der Waals surface area contributed by atoms with Gasteiger partial charge in [-0.25, -0.2) is 4.68 Å². The number of nitrogens with zero attached hydrogens (tertiary/aromatic N) is 6. The van der Waals surface area contributed by atoms with Gasteiger partial charge < -0.3 is 0 Å². The maximum Gasteiger partial charge on any atom is 0.131 e. The van der Waals surface area contributed by atoms with Gasteiger partial charge in [-0.05, 0) is 31.0 Å². The number of aromatic nitrogens is 6. The van der Waals surface area contributed by atoms with Crippen LogP contribution in [0.2, 0.25) is 0 Å². The summed E-state index contributed by atoms with van der Waals surface area (Å²) in [5.41, 5.74) is 4.99. The van der Waals surface area contributed by atoms with Crippen molar-refractivity contribution < 1.29 is 0 Å². The van der Waals surface area contributed by atoms with Crippen LogP contribution in [0.15, 0.2) is 48.8 Å². The number of rotatable bonds is 5. The summed E-state index contributed by atoms with van der Waals surface area (Å²) in [6, 6.07) is 12.4. The predicted molar refractivity (Wildman–Crippen MR) is 97.1 cm³/mol. The van der Waals surface area contributed by atoms with Gasteiger partial charge in [-0.2, -0.15) is 5.10 Å². The Morgan fingerprint density at radius 3 is 2.64 bits per heavy atom. The van der Waals surface area contributed by atoms with Crippen LogP contribution in [-0.4, -0.2) is 29.8 Å². The lowest BCUT2D eigenvalue weighted by atomic mass is 10.2. The molecule has 0 spiro atoms. The summed E-state index contributed by atoms with van der Waals surface area (Å²) in [4.78, 5) is 4.47. The van der Waals surface area contributed by atoms with Crippen LogP contribution in [0.25, 0.3) is 22.3 Å². The van der Waals surface area contributed by atoms with E-state index in [0.717, 1.165) is 41.0 Å². The van der Waals surface area contributed by atoms with Crippen LogP contribution in [0, 0.1) is 0 Å². The van der Waals surface area contributed by atoms with Gasteiger partial charge in [-0.1, -0.05) is 36.4 Å². The molecule has 126 valence electrons. The number of aryl methyl sites for hydroxylation is 2. The second-order valence-corrected chi connectivity index (χ2v) is 5.99. The lowest BCUT2D eigenvalue weighted by Gasteiger charge is -1.98. The number of pyridine rings is 1. The van der Waals surface area contributed by atoms with E-state index in [1.54, 1.807) is 0 Å². The summed E-state index contributed by atoms with van der Waals surface area (Å²) >= 11 is 0. The van der Waals surface area contributed by atoms with E-state index in [2.05, 4.69) is 47.3 Å². The summed E-state index contributed by atoms with van der Waals surface area (Å²) in [5, 5.41) is 14.4. The molecule has 1 aromatic carbocycles. The van der Waals surface area contributed by atoms with Gasteiger partial charge in [0.1, 0.15) is 5.69 Å². The molecule has 3 aromatic heterocycles. The SMILES string of the molecule is CCc1ccc(-c2cn(Cc3nn(CC)c4ccccc34)nn2)nc1. The first-order valence-electron chi connectivity index (χ1n) is 8.58. The Hall–Kier alpha value is -3.02. The van der Waals surface area contributed by atoms with Crippen molar-refractivity contribution in [3.63, 3.8) is 0 Å². The molecule has 0 radical (unpaired) electrons. The zero-order chi connectivity index (χ0) is 17.2. The van der Waals surface area contributed by atoms with E-state index in [1.165, 1.54) is 5.56 Å². The van der Waals surface area contributed by atoms with E-state index >= 15 is 0 Å². The fourth-order valence-electron chi connectivity index (χ4n) is 2.99. The Kier molecular flexibility index (Phi) is 4.01. The van der Waals surface area contributed by atoms with Crippen LogP contribution in [0.3, 0.4) is 0 Å². The summed E-state index contributed by atoms with van der Waals surface area (Å²) in [5.74, 6) is 0. The van der Waals surface area contributed by atoms with Crippen LogP contribution in [0.5, 0.6) is 0 Å². The van der Waals surface area contributed by atoms with Crippen LogP contribution in [-0.2, 0) is 19.5 Å². The van der Waals surface area contributed by atoms with Gasteiger partial charge in [0.2, 0.25) is 0 Å². The Bertz CT molecular complexity index is 996. The van der Waals surface area contributed by atoms with Gasteiger partial charge in [-0.15, -0.1) is 5.10 Å². The molecule has 4 aromatic rings. The Labute approximate surface area is 146 Å². The van der Waals surface area contributed by atoms with Crippen molar-refractivity contribution in [1.29, 1.82) is 0 Å². The fraction of sp³-hybridized carbons (Fsp3) is 0.263. The van der Waals surface area contributed by atoms with E-state index in [1.807, 2.05) is 40.0 Å². The molecule has 25 heavy (non-hydrogen) atoms. The van der Waals surface area contributed by atoms with Crippen LogP contribution in [0.4, 0.5) is 0 Å². The fourth-order valence-corrected chi connectivity index (χ4v) is 2.99. The number of fused-ring (bicyclic) bond motifs is 1. The lowest BCUT2D eigenvalue weighted by Crippen LogP contribution is -2.03. The van der Waals surface area contributed by atoms with E-state index in [9.17, 15) is 0 Å². The quantitative estimate of drug-likeness (QED) is 0.562. The third-order valence-corrected chi connectivity index (χ3v) is 4.38. The number of para-hydroxylation sites is 1. The Balaban J connectivity index is 1.63. The van der Waals surface area contributed by atoms with Gasteiger partial charge in [0, 0.05) is 18.1 Å². The van der Waals surface area contributed by atoms with Crippen molar-refractivity contribution in [2.45, 2.75) is 33.4 Å². The summed E-state index contributed by atoms with van der Waals surface area (Å²) in [6.07, 6.45) is 4.80. The van der Waals surface area contributed by atoms with Crippen molar-refractivity contribution >= 4 is 10.9 Å². The third kappa shape index (κ3) is 2.91. The standard InChI is InChI=1S/C19H20N6/c1-3-14-9-10-16(20-11-14)18-13-24(23-21-18)12-17-15-7-5-6-8-19(15)25(4-2)22-17/h5-11,13H,3-4,12H2,1-2H3. The van der Waals surface area contributed by atoms with Crippen LogP contribution in [0.1, 0.15) is 25.1 Å². The van der Waals surface area contributed by atoms with E-state index < -0.39 is 0 Å². The second kappa shape index (κ2) is 6.47. The highest BCUT2D eigenvalue weighted by atomic mass is 15.4. The first-order valence-corrected chi connectivity index (χ1v) is 8.58. The molecule has 6 nitrogen and oxygen atoms in total. The van der Waals surface area contributed by atoms with Crippen LogP contribution >= 0.6 is 0 Å². The largest absolute Gasteiger partial charge is 0.265 e. The highest BCUT2D eigenvalue weighted by molar-refractivity contribution is 5.81. The molecular weight excluding hydrogens is 312 g/mol. The summed E-state index contributed by atoms with van der Waals surface area (Å²) in [6.45, 7) is 5.65. The predicted octanol–water partition coefficient (Wildman–Crippen LogP) is 3.32. The van der Waals surface area contributed by atoms with Crippen molar-refractivity contribution in [1.82, 2.24) is 29.8 Å².